The SMILES string of the molecule is C=CC1(Br)C=CC(Br)(C=C)C=C1. The van der Waals surface area contributed by atoms with E-state index in [0.717, 1.165) is 0 Å². The molecule has 64 valence electrons. The average Bonchev–Trinajstić information content (AvgIpc) is 2.11. The normalized spacial score (nSPS) is 39.5. The maximum absolute atomic E-state index is 3.74. The lowest BCUT2D eigenvalue weighted by molar-refractivity contribution is 1.04. The Kier molecular flexibility index (Phi) is 2.79. The molecular formula is C10H10Br2. The maximum Gasteiger partial charge on any atom is 0.0796 e. The Balaban J connectivity index is 2.93. The molecule has 0 amide bonds. The Bertz CT molecular complexity index is 221. The van der Waals surface area contributed by atoms with Crippen LogP contribution in [-0.4, -0.2) is 8.65 Å². The number of allylic oxidation sites excluding steroid dienone is 6. The fourth-order valence-electron chi connectivity index (χ4n) is 0.894. The molecule has 0 spiro atoms. The highest BCUT2D eigenvalue weighted by molar-refractivity contribution is 9.10. The van der Waals surface area contributed by atoms with Gasteiger partial charge < -0.3 is 0 Å². The third kappa shape index (κ3) is 1.99. The Hall–Kier alpha value is -0.0800. The van der Waals surface area contributed by atoms with Crippen molar-refractivity contribution < 1.29 is 0 Å². The highest BCUT2D eigenvalue weighted by Gasteiger charge is 2.25. The molecule has 0 atom stereocenters. The molecule has 12 heavy (non-hydrogen) atoms. The van der Waals surface area contributed by atoms with E-state index in [4.69, 9.17) is 0 Å². The molecule has 2 heteroatoms. The molecule has 0 saturated heterocycles. The third-order valence-electron chi connectivity index (χ3n) is 1.81. The van der Waals surface area contributed by atoms with Crippen LogP contribution in [0.3, 0.4) is 0 Å². The monoisotopic (exact) mass is 288 g/mol. The number of hydrogen-bond donors (Lipinski definition) is 0. The highest BCUT2D eigenvalue weighted by atomic mass is 79.9. The first-order valence-electron chi connectivity index (χ1n) is 3.59. The van der Waals surface area contributed by atoms with E-state index in [1.54, 1.807) is 0 Å². The van der Waals surface area contributed by atoms with E-state index in [9.17, 15) is 0 Å². The van der Waals surface area contributed by atoms with Crippen LogP contribution in [0.2, 0.25) is 0 Å². The first-order chi connectivity index (χ1) is 5.54. The summed E-state index contributed by atoms with van der Waals surface area (Å²) in [5, 5.41) is 0. The molecule has 0 aromatic heterocycles. The number of alkyl halides is 2. The fourth-order valence-corrected chi connectivity index (χ4v) is 1.42. The van der Waals surface area contributed by atoms with Crippen LogP contribution in [0.5, 0.6) is 0 Å². The molecular weight excluding hydrogens is 280 g/mol. The van der Waals surface area contributed by atoms with E-state index in [-0.39, 0.29) is 8.65 Å². The Morgan fingerprint density at radius 1 is 0.833 bits per heavy atom. The molecule has 0 saturated carbocycles. The van der Waals surface area contributed by atoms with Crippen LogP contribution in [0.15, 0.2) is 49.6 Å². The molecule has 1 aliphatic carbocycles. The van der Waals surface area contributed by atoms with E-state index in [1.807, 2.05) is 36.5 Å². The van der Waals surface area contributed by atoms with Crippen molar-refractivity contribution in [1.29, 1.82) is 0 Å². The van der Waals surface area contributed by atoms with Gasteiger partial charge >= 0.3 is 0 Å². The molecule has 0 fully saturated rings. The van der Waals surface area contributed by atoms with Gasteiger partial charge in [-0.05, 0) is 0 Å². The summed E-state index contributed by atoms with van der Waals surface area (Å²) in [6.07, 6.45) is 11.8. The summed E-state index contributed by atoms with van der Waals surface area (Å²) in [6, 6.07) is 0. The minimum absolute atomic E-state index is 0.187. The topological polar surface area (TPSA) is 0 Å². The second-order valence-electron chi connectivity index (χ2n) is 2.73. The van der Waals surface area contributed by atoms with Crippen LogP contribution < -0.4 is 0 Å². The molecule has 0 radical (unpaired) electrons. The van der Waals surface area contributed by atoms with Gasteiger partial charge in [-0.2, -0.15) is 0 Å². The molecule has 0 aliphatic heterocycles. The van der Waals surface area contributed by atoms with E-state index in [0.29, 0.717) is 0 Å². The van der Waals surface area contributed by atoms with Crippen LogP contribution in [0.25, 0.3) is 0 Å². The lowest BCUT2D eigenvalue weighted by Crippen LogP contribution is -2.21. The van der Waals surface area contributed by atoms with E-state index in [1.165, 1.54) is 0 Å². The first kappa shape index (κ1) is 10.0. The predicted octanol–water partition coefficient (Wildman–Crippen LogP) is 3.75. The van der Waals surface area contributed by atoms with E-state index >= 15 is 0 Å². The average molecular weight is 290 g/mol. The zero-order chi connectivity index (χ0) is 9.24. The molecule has 0 N–H and O–H groups in total. The van der Waals surface area contributed by atoms with Gasteiger partial charge in [0, 0.05) is 0 Å². The summed E-state index contributed by atoms with van der Waals surface area (Å²) in [5.41, 5.74) is 0. The van der Waals surface area contributed by atoms with Gasteiger partial charge in [0.25, 0.3) is 0 Å². The summed E-state index contributed by atoms with van der Waals surface area (Å²) in [4.78, 5) is 0. The second-order valence-corrected chi connectivity index (χ2v) is 5.48. The second kappa shape index (κ2) is 3.35. The number of hydrogen-bond acceptors (Lipinski definition) is 0. The third-order valence-corrected chi connectivity index (χ3v) is 3.52. The lowest BCUT2D eigenvalue weighted by Gasteiger charge is -2.25. The van der Waals surface area contributed by atoms with Gasteiger partial charge in [-0.15, -0.1) is 13.2 Å². The molecule has 1 aliphatic rings. The Morgan fingerprint density at radius 2 is 1.08 bits per heavy atom. The quantitative estimate of drug-likeness (QED) is 0.536. The standard InChI is InChI=1S/C10H10Br2/c1-3-9(11)5-7-10(12,4-2)8-6-9/h3-8H,1-2H2. The van der Waals surface area contributed by atoms with Crippen molar-refractivity contribution in [1.82, 2.24) is 0 Å². The summed E-state index contributed by atoms with van der Waals surface area (Å²) < 4.78 is -0.374. The van der Waals surface area contributed by atoms with Gasteiger partial charge in [0.15, 0.2) is 0 Å². The van der Waals surface area contributed by atoms with Gasteiger partial charge in [0.05, 0.1) is 8.65 Å². The maximum atomic E-state index is 3.74. The smallest absolute Gasteiger partial charge is 0.0796 e. The van der Waals surface area contributed by atoms with Gasteiger partial charge in [0.1, 0.15) is 0 Å². The largest absolute Gasteiger partial charge is 0.101 e. The van der Waals surface area contributed by atoms with E-state index < -0.39 is 0 Å². The van der Waals surface area contributed by atoms with Crippen molar-refractivity contribution in [3.05, 3.63) is 49.6 Å². The zero-order valence-corrected chi connectivity index (χ0v) is 9.81. The van der Waals surface area contributed by atoms with Crippen molar-refractivity contribution in [2.75, 3.05) is 0 Å². The summed E-state index contributed by atoms with van der Waals surface area (Å²) in [6.45, 7) is 7.48. The molecule has 0 unspecified atom stereocenters. The molecule has 0 nitrogen and oxygen atoms in total. The van der Waals surface area contributed by atoms with Crippen LogP contribution in [-0.2, 0) is 0 Å². The lowest BCUT2D eigenvalue weighted by atomic mass is 9.96. The van der Waals surface area contributed by atoms with Crippen molar-refractivity contribution >= 4 is 31.9 Å². The van der Waals surface area contributed by atoms with Gasteiger partial charge in [-0.25, -0.2) is 0 Å². The van der Waals surface area contributed by atoms with Crippen LogP contribution >= 0.6 is 31.9 Å². The van der Waals surface area contributed by atoms with Gasteiger partial charge in [-0.1, -0.05) is 68.3 Å². The fraction of sp³-hybridized carbons (Fsp3) is 0.200. The van der Waals surface area contributed by atoms with Crippen molar-refractivity contribution in [3.63, 3.8) is 0 Å². The zero-order valence-electron chi connectivity index (χ0n) is 6.63. The number of halogens is 2. The van der Waals surface area contributed by atoms with Gasteiger partial charge in [0.2, 0.25) is 0 Å². The highest BCUT2D eigenvalue weighted by Crippen LogP contribution is 2.34. The van der Waals surface area contributed by atoms with Crippen LogP contribution in [0.1, 0.15) is 0 Å². The Morgan fingerprint density at radius 3 is 1.25 bits per heavy atom. The molecule has 1 rings (SSSR count). The van der Waals surface area contributed by atoms with E-state index in [2.05, 4.69) is 45.0 Å². The van der Waals surface area contributed by atoms with Crippen molar-refractivity contribution in [2.45, 2.75) is 8.65 Å². The predicted molar refractivity (Wildman–Crippen MR) is 62.0 cm³/mol. The molecule has 0 bridgehead atoms. The minimum atomic E-state index is -0.187. The molecule has 0 aromatic rings. The van der Waals surface area contributed by atoms with Crippen LogP contribution in [0.4, 0.5) is 0 Å². The molecule has 0 aromatic carbocycles. The number of rotatable bonds is 2. The van der Waals surface area contributed by atoms with Crippen molar-refractivity contribution in [3.8, 4) is 0 Å². The van der Waals surface area contributed by atoms with Gasteiger partial charge in [-0.3, -0.25) is 0 Å². The molecule has 0 heterocycles. The Labute approximate surface area is 90.0 Å². The minimum Gasteiger partial charge on any atom is -0.101 e. The summed E-state index contributed by atoms with van der Waals surface area (Å²) >= 11 is 7.06. The summed E-state index contributed by atoms with van der Waals surface area (Å²) in [5.74, 6) is 0. The first-order valence-corrected chi connectivity index (χ1v) is 5.18. The van der Waals surface area contributed by atoms with Crippen LogP contribution in [0, 0.1) is 0 Å². The van der Waals surface area contributed by atoms with Crippen molar-refractivity contribution in [2.24, 2.45) is 0 Å². The summed E-state index contributed by atoms with van der Waals surface area (Å²) in [7, 11) is 0.